The Labute approximate surface area is 167 Å². The number of amides is 1. The number of nitrogens with one attached hydrogen (secondary N) is 2. The summed E-state index contributed by atoms with van der Waals surface area (Å²) in [6.45, 7) is 0. The zero-order valence-electron chi connectivity index (χ0n) is 16.2. The maximum atomic E-state index is 13.4. The van der Waals surface area contributed by atoms with Crippen LogP contribution in [0.5, 0.6) is 11.5 Å². The Morgan fingerprint density at radius 3 is 2.59 bits per heavy atom. The van der Waals surface area contributed by atoms with E-state index in [2.05, 4.69) is 15.6 Å². The largest absolute Gasteiger partial charge is 0.496 e. The van der Waals surface area contributed by atoms with Gasteiger partial charge in [-0.1, -0.05) is 6.07 Å². The lowest BCUT2D eigenvalue weighted by Gasteiger charge is -2.22. The van der Waals surface area contributed by atoms with Crippen molar-refractivity contribution in [2.75, 3.05) is 19.5 Å². The molecular formula is C21H22FN3O4. The number of hydrogen-bond acceptors (Lipinski definition) is 6. The van der Waals surface area contributed by atoms with Crippen LogP contribution in [0.15, 0.2) is 40.8 Å². The average Bonchev–Trinajstić information content (AvgIpc) is 3.33. The van der Waals surface area contributed by atoms with E-state index in [1.165, 1.54) is 26.4 Å². The molecule has 1 aliphatic carbocycles. The molecule has 0 spiro atoms. The van der Waals surface area contributed by atoms with Gasteiger partial charge in [0.2, 0.25) is 0 Å². The summed E-state index contributed by atoms with van der Waals surface area (Å²) in [4.78, 5) is 17.2. The average molecular weight is 399 g/mol. The molecule has 1 aromatic heterocycles. The van der Waals surface area contributed by atoms with Crippen LogP contribution < -0.4 is 20.1 Å². The number of aromatic nitrogens is 1. The van der Waals surface area contributed by atoms with E-state index in [9.17, 15) is 9.18 Å². The van der Waals surface area contributed by atoms with E-state index in [-0.39, 0.29) is 23.8 Å². The van der Waals surface area contributed by atoms with Crippen LogP contribution in [0.1, 0.15) is 29.6 Å². The number of carbonyl (C=O) groups is 1. The fraction of sp³-hybridized carbons (Fsp3) is 0.333. The van der Waals surface area contributed by atoms with E-state index in [1.54, 1.807) is 24.3 Å². The number of fused-ring (bicyclic) bond motifs is 1. The van der Waals surface area contributed by atoms with Crippen molar-refractivity contribution < 1.29 is 23.1 Å². The fourth-order valence-corrected chi connectivity index (χ4v) is 3.74. The van der Waals surface area contributed by atoms with Crippen LogP contribution in [0, 0.1) is 5.82 Å². The summed E-state index contributed by atoms with van der Waals surface area (Å²) in [5.41, 5.74) is 1.32. The van der Waals surface area contributed by atoms with Crippen molar-refractivity contribution in [3.8, 4) is 11.5 Å². The number of ether oxygens (including phenoxy) is 2. The topological polar surface area (TPSA) is 85.6 Å². The summed E-state index contributed by atoms with van der Waals surface area (Å²) in [6.07, 6.45) is 2.61. The molecule has 8 heteroatoms. The minimum absolute atomic E-state index is 0.0578. The van der Waals surface area contributed by atoms with Crippen LogP contribution in [0.3, 0.4) is 0 Å². The molecule has 3 aromatic rings. The van der Waals surface area contributed by atoms with Crippen LogP contribution in [0.2, 0.25) is 0 Å². The van der Waals surface area contributed by atoms with Gasteiger partial charge in [-0.15, -0.1) is 0 Å². The molecule has 4 rings (SSSR count). The van der Waals surface area contributed by atoms with Crippen molar-refractivity contribution in [3.63, 3.8) is 0 Å². The number of oxazole rings is 1. The maximum absolute atomic E-state index is 13.4. The first-order valence-electron chi connectivity index (χ1n) is 9.43. The standard InChI is InChI=1S/C21H22FN3O4/c1-27-17-7-4-8-18(28-2)19(17)20(26)23-13-5-3-6-14(13)24-21-25-15-11-12(22)9-10-16(15)29-21/h4,7-11,13-14H,3,5-6H2,1-2H3,(H,23,26)(H,24,25)/t13-,14+/m0/s1. The molecule has 1 aliphatic rings. The zero-order valence-corrected chi connectivity index (χ0v) is 16.2. The molecule has 0 unspecified atom stereocenters. The maximum Gasteiger partial charge on any atom is 0.295 e. The van der Waals surface area contributed by atoms with Crippen molar-refractivity contribution in [3.05, 3.63) is 47.8 Å². The Morgan fingerprint density at radius 2 is 1.86 bits per heavy atom. The Hall–Kier alpha value is -3.29. The fourth-order valence-electron chi connectivity index (χ4n) is 3.74. The third-order valence-corrected chi connectivity index (χ3v) is 5.15. The van der Waals surface area contributed by atoms with E-state index in [4.69, 9.17) is 13.9 Å². The molecule has 0 aliphatic heterocycles. The Balaban J connectivity index is 1.51. The van der Waals surface area contributed by atoms with Gasteiger partial charge in [-0.3, -0.25) is 4.79 Å². The molecule has 0 saturated heterocycles. The van der Waals surface area contributed by atoms with Crippen molar-refractivity contribution >= 4 is 23.0 Å². The number of rotatable bonds is 6. The Morgan fingerprint density at radius 1 is 1.14 bits per heavy atom. The van der Waals surface area contributed by atoms with E-state index >= 15 is 0 Å². The van der Waals surface area contributed by atoms with Gasteiger partial charge in [0.05, 0.1) is 20.3 Å². The molecule has 0 bridgehead atoms. The minimum atomic E-state index is -0.367. The van der Waals surface area contributed by atoms with Gasteiger partial charge in [0.1, 0.15) is 28.4 Å². The smallest absolute Gasteiger partial charge is 0.295 e. The number of benzene rings is 2. The summed E-state index contributed by atoms with van der Waals surface area (Å²) < 4.78 is 29.7. The highest BCUT2D eigenvalue weighted by molar-refractivity contribution is 6.00. The molecule has 29 heavy (non-hydrogen) atoms. The van der Waals surface area contributed by atoms with E-state index in [1.807, 2.05) is 0 Å². The number of halogens is 1. The predicted octanol–water partition coefficient (Wildman–Crippen LogP) is 3.75. The molecule has 2 aromatic carbocycles. The number of carbonyl (C=O) groups excluding carboxylic acids is 1. The monoisotopic (exact) mass is 399 g/mol. The normalized spacial score (nSPS) is 18.6. The number of hydrogen-bond donors (Lipinski definition) is 2. The highest BCUT2D eigenvalue weighted by atomic mass is 19.1. The zero-order chi connectivity index (χ0) is 20.4. The first-order chi connectivity index (χ1) is 14.1. The van der Waals surface area contributed by atoms with Gasteiger partial charge in [0, 0.05) is 12.1 Å². The second-order valence-corrected chi connectivity index (χ2v) is 6.93. The third-order valence-electron chi connectivity index (χ3n) is 5.15. The van der Waals surface area contributed by atoms with Crippen molar-refractivity contribution in [2.24, 2.45) is 0 Å². The van der Waals surface area contributed by atoms with Gasteiger partial charge in [-0.2, -0.15) is 4.98 Å². The summed E-state index contributed by atoms with van der Waals surface area (Å²) in [7, 11) is 3.03. The van der Waals surface area contributed by atoms with Crippen molar-refractivity contribution in [1.82, 2.24) is 10.3 Å². The lowest BCUT2D eigenvalue weighted by molar-refractivity contribution is 0.0929. The molecule has 1 amide bonds. The van der Waals surface area contributed by atoms with E-state index in [0.29, 0.717) is 34.2 Å². The van der Waals surface area contributed by atoms with E-state index in [0.717, 1.165) is 19.3 Å². The number of nitrogens with zero attached hydrogens (tertiary/aromatic N) is 1. The van der Waals surface area contributed by atoms with Crippen molar-refractivity contribution in [1.29, 1.82) is 0 Å². The summed E-state index contributed by atoms with van der Waals surface area (Å²) in [6, 6.07) is 9.55. The minimum Gasteiger partial charge on any atom is -0.496 e. The molecule has 7 nitrogen and oxygen atoms in total. The highest BCUT2D eigenvalue weighted by Crippen LogP contribution is 2.30. The predicted molar refractivity (Wildman–Crippen MR) is 106 cm³/mol. The molecule has 2 N–H and O–H groups in total. The van der Waals surface area contributed by atoms with Crippen molar-refractivity contribution in [2.45, 2.75) is 31.3 Å². The number of anilines is 1. The van der Waals surface area contributed by atoms with Gasteiger partial charge < -0.3 is 24.5 Å². The summed E-state index contributed by atoms with van der Waals surface area (Å²) >= 11 is 0. The van der Waals surface area contributed by atoms with Gasteiger partial charge in [0.15, 0.2) is 5.58 Å². The van der Waals surface area contributed by atoms with E-state index < -0.39 is 0 Å². The Kier molecular flexibility index (Phi) is 5.24. The van der Waals surface area contributed by atoms with Gasteiger partial charge in [-0.05, 0) is 43.5 Å². The van der Waals surface area contributed by atoms with Crippen LogP contribution in [-0.2, 0) is 0 Å². The molecule has 1 fully saturated rings. The number of methoxy groups -OCH3 is 2. The lowest BCUT2D eigenvalue weighted by atomic mass is 10.1. The second-order valence-electron chi connectivity index (χ2n) is 6.93. The lowest BCUT2D eigenvalue weighted by Crippen LogP contribution is -2.43. The van der Waals surface area contributed by atoms with Crippen LogP contribution in [0.25, 0.3) is 11.1 Å². The van der Waals surface area contributed by atoms with Gasteiger partial charge in [0.25, 0.3) is 11.9 Å². The quantitative estimate of drug-likeness (QED) is 0.657. The molecule has 1 saturated carbocycles. The molecule has 1 heterocycles. The van der Waals surface area contributed by atoms with Gasteiger partial charge in [-0.25, -0.2) is 4.39 Å². The first-order valence-corrected chi connectivity index (χ1v) is 9.43. The molecule has 152 valence electrons. The summed E-state index contributed by atoms with van der Waals surface area (Å²) in [5.74, 6) is 0.266. The molecule has 2 atom stereocenters. The van der Waals surface area contributed by atoms with Crippen LogP contribution in [0.4, 0.5) is 10.4 Å². The SMILES string of the molecule is COc1cccc(OC)c1C(=O)N[C@H]1CCC[C@H]1Nc1nc2cc(F)ccc2o1. The van der Waals surface area contributed by atoms with Gasteiger partial charge >= 0.3 is 0 Å². The first kappa shape index (κ1) is 19.0. The molecule has 0 radical (unpaired) electrons. The Bertz CT molecular complexity index is 1010. The van der Waals surface area contributed by atoms with Crippen LogP contribution in [-0.4, -0.2) is 37.2 Å². The third kappa shape index (κ3) is 3.83. The second kappa shape index (κ2) is 7.98. The highest BCUT2D eigenvalue weighted by Gasteiger charge is 2.31. The molecular weight excluding hydrogens is 377 g/mol. The van der Waals surface area contributed by atoms with Crippen LogP contribution >= 0.6 is 0 Å². The summed E-state index contributed by atoms with van der Waals surface area (Å²) in [5, 5.41) is 6.30.